The second-order valence-corrected chi connectivity index (χ2v) is 4.12. The van der Waals surface area contributed by atoms with Crippen LogP contribution >= 0.6 is 0 Å². The molecule has 3 N–H and O–H groups in total. The lowest BCUT2D eigenvalue weighted by molar-refractivity contribution is -0.138. The summed E-state index contributed by atoms with van der Waals surface area (Å²) in [5.41, 5.74) is 2.80. The molecule has 96 valence electrons. The maximum absolute atomic E-state index is 10.8. The molecule has 6 heteroatoms. The van der Waals surface area contributed by atoms with E-state index in [1.807, 2.05) is 29.8 Å². The van der Waals surface area contributed by atoms with Crippen LogP contribution in [0.1, 0.15) is 0 Å². The van der Waals surface area contributed by atoms with Crippen molar-refractivity contribution in [1.82, 2.24) is 14.9 Å². The number of aliphatic carboxylic acids is 1. The maximum Gasteiger partial charge on any atom is 0.322 e. The first-order chi connectivity index (χ1) is 8.61. The third kappa shape index (κ3) is 2.43. The number of aryl methyl sites for hydroxylation is 1. The highest BCUT2D eigenvalue weighted by molar-refractivity contribution is 5.80. The molecule has 0 aliphatic heterocycles. The van der Waals surface area contributed by atoms with Crippen LogP contribution in [0.4, 0.5) is 5.69 Å². The van der Waals surface area contributed by atoms with Crippen LogP contribution in [0, 0.1) is 0 Å². The summed E-state index contributed by atoms with van der Waals surface area (Å²) in [6.45, 7) is 0.324. The number of hydrogen-bond acceptors (Lipinski definition) is 4. The highest BCUT2D eigenvalue weighted by Crippen LogP contribution is 2.17. The van der Waals surface area contributed by atoms with E-state index in [4.69, 9.17) is 5.11 Å². The van der Waals surface area contributed by atoms with Gasteiger partial charge < -0.3 is 20.3 Å². The molecule has 0 radical (unpaired) electrons. The van der Waals surface area contributed by atoms with Gasteiger partial charge in [-0.1, -0.05) is 0 Å². The molecular weight excluding hydrogens is 232 g/mol. The summed E-state index contributed by atoms with van der Waals surface area (Å²) < 4.78 is 1.94. The number of rotatable bonds is 5. The topological polar surface area (TPSA) is 79.2 Å². The van der Waals surface area contributed by atoms with Gasteiger partial charge in [0.2, 0.25) is 0 Å². The van der Waals surface area contributed by atoms with E-state index >= 15 is 0 Å². The van der Waals surface area contributed by atoms with Crippen molar-refractivity contribution in [3.05, 3.63) is 24.5 Å². The van der Waals surface area contributed by atoms with Crippen LogP contribution in [0.15, 0.2) is 24.5 Å². The Hall–Kier alpha value is -2.08. The summed E-state index contributed by atoms with van der Waals surface area (Å²) in [6, 6.07) is 5.17. The van der Waals surface area contributed by atoms with Crippen molar-refractivity contribution in [3.8, 4) is 0 Å². The van der Waals surface area contributed by atoms with Crippen molar-refractivity contribution in [2.24, 2.45) is 7.05 Å². The highest BCUT2D eigenvalue weighted by atomic mass is 16.4. The van der Waals surface area contributed by atoms with Gasteiger partial charge in [0.1, 0.15) is 6.04 Å². The third-order valence-electron chi connectivity index (χ3n) is 2.88. The molecular formula is C12H16N4O2. The first-order valence-corrected chi connectivity index (χ1v) is 5.67. The van der Waals surface area contributed by atoms with Crippen LogP contribution in [-0.2, 0) is 11.8 Å². The Kier molecular flexibility index (Phi) is 3.47. The van der Waals surface area contributed by atoms with Crippen LogP contribution in [-0.4, -0.2) is 40.3 Å². The monoisotopic (exact) mass is 248 g/mol. The Bertz CT molecular complexity index is 564. The second-order valence-electron chi connectivity index (χ2n) is 4.12. The number of carboxylic acid groups (broad SMARTS) is 1. The normalized spacial score (nSPS) is 12.6. The van der Waals surface area contributed by atoms with Crippen LogP contribution in [0.5, 0.6) is 0 Å². The van der Waals surface area contributed by atoms with E-state index < -0.39 is 12.0 Å². The molecule has 0 saturated carbocycles. The fraction of sp³-hybridized carbons (Fsp3) is 0.333. The minimum atomic E-state index is -0.871. The van der Waals surface area contributed by atoms with Gasteiger partial charge in [-0.25, -0.2) is 4.98 Å². The number of aromatic nitrogens is 2. The Morgan fingerprint density at radius 2 is 2.33 bits per heavy atom. The van der Waals surface area contributed by atoms with E-state index in [9.17, 15) is 4.79 Å². The maximum atomic E-state index is 10.8. The van der Waals surface area contributed by atoms with Crippen molar-refractivity contribution >= 4 is 22.7 Å². The fourth-order valence-electron chi connectivity index (χ4n) is 1.78. The molecule has 1 aromatic carbocycles. The first-order valence-electron chi connectivity index (χ1n) is 5.67. The number of imidazole rings is 1. The number of fused-ring (bicyclic) bond motifs is 1. The quantitative estimate of drug-likeness (QED) is 0.724. The van der Waals surface area contributed by atoms with E-state index in [1.54, 1.807) is 13.4 Å². The average molecular weight is 248 g/mol. The van der Waals surface area contributed by atoms with Gasteiger partial charge in [-0.2, -0.15) is 0 Å². The first kappa shape index (κ1) is 12.4. The number of nitrogens with one attached hydrogen (secondary N) is 2. The van der Waals surface area contributed by atoms with Crippen molar-refractivity contribution in [1.29, 1.82) is 0 Å². The average Bonchev–Trinajstić information content (AvgIpc) is 2.71. The Morgan fingerprint density at radius 1 is 1.56 bits per heavy atom. The molecule has 0 aliphatic rings. The number of hydrogen-bond donors (Lipinski definition) is 3. The van der Waals surface area contributed by atoms with Gasteiger partial charge in [0.15, 0.2) is 0 Å². The van der Waals surface area contributed by atoms with Crippen molar-refractivity contribution in [2.75, 3.05) is 18.9 Å². The molecule has 0 fully saturated rings. The van der Waals surface area contributed by atoms with Gasteiger partial charge in [0.05, 0.1) is 17.4 Å². The minimum absolute atomic E-state index is 0.324. The van der Waals surface area contributed by atoms with Gasteiger partial charge in [-0.15, -0.1) is 0 Å². The fourth-order valence-corrected chi connectivity index (χ4v) is 1.78. The van der Waals surface area contributed by atoms with E-state index in [0.717, 1.165) is 16.7 Å². The highest BCUT2D eigenvalue weighted by Gasteiger charge is 2.14. The summed E-state index contributed by atoms with van der Waals surface area (Å²) in [6.07, 6.45) is 1.75. The van der Waals surface area contributed by atoms with Crippen LogP contribution in [0.25, 0.3) is 11.0 Å². The summed E-state index contributed by atoms with van der Waals surface area (Å²) in [4.78, 5) is 15.1. The minimum Gasteiger partial charge on any atom is -0.480 e. The van der Waals surface area contributed by atoms with Crippen molar-refractivity contribution < 1.29 is 9.90 Å². The molecule has 0 bridgehead atoms. The lowest BCUT2D eigenvalue weighted by atomic mass is 10.2. The van der Waals surface area contributed by atoms with Crippen LogP contribution < -0.4 is 10.6 Å². The molecule has 6 nitrogen and oxygen atoms in total. The van der Waals surface area contributed by atoms with Gasteiger partial charge in [0, 0.05) is 19.3 Å². The molecule has 1 heterocycles. The molecule has 18 heavy (non-hydrogen) atoms. The van der Waals surface area contributed by atoms with Gasteiger partial charge >= 0.3 is 5.97 Å². The Labute approximate surface area is 105 Å². The summed E-state index contributed by atoms with van der Waals surface area (Å²) in [7, 11) is 3.56. The van der Waals surface area contributed by atoms with E-state index in [0.29, 0.717) is 6.54 Å². The lowest BCUT2D eigenvalue weighted by Gasteiger charge is -2.13. The predicted octanol–water partition coefficient (Wildman–Crippen LogP) is 0.658. The number of anilines is 1. The molecule has 1 aromatic heterocycles. The summed E-state index contributed by atoms with van der Waals surface area (Å²) >= 11 is 0. The molecule has 0 saturated heterocycles. The standard InChI is InChI=1S/C12H16N4O2/c1-13-10(12(17)18)6-14-8-3-4-11-9(5-8)15-7-16(11)2/h3-5,7,10,13-14H,6H2,1-2H3,(H,17,18). The summed E-state index contributed by atoms with van der Waals surface area (Å²) in [5, 5.41) is 14.7. The smallest absolute Gasteiger partial charge is 0.322 e. The van der Waals surface area contributed by atoms with Crippen LogP contribution in [0.3, 0.4) is 0 Å². The number of carbonyl (C=O) groups is 1. The zero-order valence-corrected chi connectivity index (χ0v) is 10.3. The lowest BCUT2D eigenvalue weighted by Crippen LogP contribution is -2.39. The van der Waals surface area contributed by atoms with Crippen LogP contribution in [0.2, 0.25) is 0 Å². The van der Waals surface area contributed by atoms with Gasteiger partial charge in [0.25, 0.3) is 0 Å². The Balaban J connectivity index is 2.10. The number of nitrogens with zero attached hydrogens (tertiary/aromatic N) is 2. The SMILES string of the molecule is CNC(CNc1ccc2c(c1)ncn2C)C(=O)O. The molecule has 0 aliphatic carbocycles. The molecule has 1 unspecified atom stereocenters. The number of benzene rings is 1. The molecule has 1 atom stereocenters. The molecule has 0 spiro atoms. The van der Waals surface area contributed by atoms with Gasteiger partial charge in [-0.3, -0.25) is 4.79 Å². The Morgan fingerprint density at radius 3 is 3.00 bits per heavy atom. The molecule has 2 rings (SSSR count). The molecule has 2 aromatic rings. The van der Waals surface area contributed by atoms with E-state index in [-0.39, 0.29) is 0 Å². The van der Waals surface area contributed by atoms with Gasteiger partial charge in [-0.05, 0) is 25.2 Å². The summed E-state index contributed by atoms with van der Waals surface area (Å²) in [5.74, 6) is -0.871. The molecule has 0 amide bonds. The zero-order chi connectivity index (χ0) is 13.1. The second kappa shape index (κ2) is 5.05. The third-order valence-corrected chi connectivity index (χ3v) is 2.88. The zero-order valence-electron chi connectivity index (χ0n) is 10.3. The predicted molar refractivity (Wildman–Crippen MR) is 69.7 cm³/mol. The largest absolute Gasteiger partial charge is 0.480 e. The van der Waals surface area contributed by atoms with E-state index in [2.05, 4.69) is 15.6 Å². The van der Waals surface area contributed by atoms with Crippen molar-refractivity contribution in [2.45, 2.75) is 6.04 Å². The number of carboxylic acids is 1. The number of likely N-dealkylation sites (N-methyl/N-ethyl adjacent to an activating group) is 1. The van der Waals surface area contributed by atoms with E-state index in [1.165, 1.54) is 0 Å². The van der Waals surface area contributed by atoms with Crippen molar-refractivity contribution in [3.63, 3.8) is 0 Å².